The zero-order valence-corrected chi connectivity index (χ0v) is 11.4. The van der Waals surface area contributed by atoms with Gasteiger partial charge in [-0.3, -0.25) is 0 Å². The van der Waals surface area contributed by atoms with E-state index in [1.807, 2.05) is 11.8 Å². The van der Waals surface area contributed by atoms with Gasteiger partial charge in [-0.25, -0.2) is 13.4 Å². The predicted octanol–water partition coefficient (Wildman–Crippen LogP) is 1.79. The predicted molar refractivity (Wildman–Crippen MR) is 71.3 cm³/mol. The number of hydrogen-bond donors (Lipinski definition) is 1. The van der Waals surface area contributed by atoms with Gasteiger partial charge in [-0.1, -0.05) is 0 Å². The average Bonchev–Trinajstić information content (AvgIpc) is 2.30. The molecule has 1 atom stereocenters. The highest BCUT2D eigenvalue weighted by atomic mass is 32.2. The van der Waals surface area contributed by atoms with E-state index in [1.165, 1.54) is 24.9 Å². The van der Waals surface area contributed by atoms with E-state index in [2.05, 4.69) is 10.3 Å². The topological polar surface area (TPSA) is 59.1 Å². The van der Waals surface area contributed by atoms with E-state index in [0.717, 1.165) is 11.4 Å². The summed E-state index contributed by atoms with van der Waals surface area (Å²) in [7, 11) is -3.20. The van der Waals surface area contributed by atoms with Gasteiger partial charge in [0.2, 0.25) is 0 Å². The normalized spacial score (nSPS) is 21.1. The lowest BCUT2D eigenvalue weighted by Crippen LogP contribution is -2.25. The Hall–Kier alpha value is -0.750. The molecule has 1 aromatic heterocycles. The van der Waals surface area contributed by atoms with E-state index in [0.29, 0.717) is 6.04 Å². The zero-order chi connectivity index (χ0) is 12.3. The zero-order valence-electron chi connectivity index (χ0n) is 9.72. The minimum atomic E-state index is -3.20. The van der Waals surface area contributed by atoms with Crippen LogP contribution in [0.15, 0.2) is 23.4 Å². The Morgan fingerprint density at radius 1 is 1.47 bits per heavy atom. The smallest absolute Gasteiger partial charge is 0.192 e. The number of hydrogen-bond acceptors (Lipinski definition) is 5. The minimum absolute atomic E-state index is 0.126. The number of anilines is 1. The van der Waals surface area contributed by atoms with Crippen LogP contribution in [-0.4, -0.2) is 37.2 Å². The van der Waals surface area contributed by atoms with Crippen molar-refractivity contribution in [2.75, 3.05) is 23.1 Å². The van der Waals surface area contributed by atoms with Gasteiger partial charge in [0.1, 0.15) is 0 Å². The van der Waals surface area contributed by atoms with E-state index in [1.54, 1.807) is 18.3 Å². The Morgan fingerprint density at radius 2 is 2.29 bits per heavy atom. The Morgan fingerprint density at radius 3 is 2.82 bits per heavy atom. The molecule has 1 fully saturated rings. The van der Waals surface area contributed by atoms with E-state index < -0.39 is 9.84 Å². The van der Waals surface area contributed by atoms with Crippen molar-refractivity contribution in [1.82, 2.24) is 4.98 Å². The molecule has 17 heavy (non-hydrogen) atoms. The lowest BCUT2D eigenvalue weighted by Gasteiger charge is -2.23. The first kappa shape index (κ1) is 12.7. The molecule has 1 saturated heterocycles. The molecule has 2 heterocycles. The van der Waals surface area contributed by atoms with E-state index in [4.69, 9.17) is 0 Å². The molecule has 0 spiro atoms. The summed E-state index contributed by atoms with van der Waals surface area (Å²) >= 11 is 1.95. The maximum absolute atomic E-state index is 11.2. The standard InChI is InChI=1S/C11H16N2O2S2/c1-17(14,15)11-5-4-9(7-12-11)13-10-3-2-6-16-8-10/h4-5,7,10,13H,2-3,6,8H2,1H3. The Bertz CT molecular complexity index is 465. The molecule has 0 aromatic carbocycles. The maximum Gasteiger partial charge on any atom is 0.192 e. The monoisotopic (exact) mass is 272 g/mol. The fraction of sp³-hybridized carbons (Fsp3) is 0.545. The fourth-order valence-corrected chi connectivity index (χ4v) is 3.41. The van der Waals surface area contributed by atoms with Crippen LogP contribution in [-0.2, 0) is 9.84 Å². The van der Waals surface area contributed by atoms with Crippen LogP contribution in [0.25, 0.3) is 0 Å². The van der Waals surface area contributed by atoms with Crippen molar-refractivity contribution in [2.24, 2.45) is 0 Å². The van der Waals surface area contributed by atoms with Crippen LogP contribution in [0, 0.1) is 0 Å². The molecule has 1 unspecified atom stereocenters. The van der Waals surface area contributed by atoms with Crippen molar-refractivity contribution >= 4 is 27.3 Å². The van der Waals surface area contributed by atoms with E-state index >= 15 is 0 Å². The van der Waals surface area contributed by atoms with Crippen LogP contribution in [0.1, 0.15) is 12.8 Å². The molecular formula is C11H16N2O2S2. The molecule has 0 aliphatic carbocycles. The number of sulfone groups is 1. The molecule has 1 aliphatic rings. The van der Waals surface area contributed by atoms with Crippen molar-refractivity contribution in [1.29, 1.82) is 0 Å². The molecule has 1 aliphatic heterocycles. The highest BCUT2D eigenvalue weighted by Gasteiger charge is 2.14. The van der Waals surface area contributed by atoms with Crippen LogP contribution < -0.4 is 5.32 Å². The van der Waals surface area contributed by atoms with Gasteiger partial charge in [0.15, 0.2) is 14.9 Å². The summed E-state index contributed by atoms with van der Waals surface area (Å²) in [6, 6.07) is 3.80. The number of pyridine rings is 1. The molecule has 0 amide bonds. The number of aromatic nitrogens is 1. The third-order valence-corrected chi connectivity index (χ3v) is 4.86. The largest absolute Gasteiger partial charge is 0.380 e. The van der Waals surface area contributed by atoms with Gasteiger partial charge in [0.05, 0.1) is 11.9 Å². The van der Waals surface area contributed by atoms with Crippen LogP contribution in [0.4, 0.5) is 5.69 Å². The Labute approximate surface area is 106 Å². The maximum atomic E-state index is 11.2. The first-order chi connectivity index (χ1) is 8.05. The fourth-order valence-electron chi connectivity index (χ4n) is 1.78. The summed E-state index contributed by atoms with van der Waals surface area (Å²) in [5.74, 6) is 2.34. The van der Waals surface area contributed by atoms with Crippen molar-refractivity contribution in [3.63, 3.8) is 0 Å². The van der Waals surface area contributed by atoms with Gasteiger partial charge in [0.25, 0.3) is 0 Å². The molecule has 1 N–H and O–H groups in total. The van der Waals surface area contributed by atoms with Gasteiger partial charge in [-0.05, 0) is 30.7 Å². The molecule has 94 valence electrons. The Kier molecular flexibility index (Phi) is 3.93. The van der Waals surface area contributed by atoms with Gasteiger partial charge in [-0.15, -0.1) is 0 Å². The number of nitrogens with zero attached hydrogens (tertiary/aromatic N) is 1. The number of thioether (sulfide) groups is 1. The lowest BCUT2D eigenvalue weighted by molar-refractivity contribution is 0.598. The van der Waals surface area contributed by atoms with Gasteiger partial charge in [0, 0.05) is 18.1 Å². The van der Waals surface area contributed by atoms with Gasteiger partial charge < -0.3 is 5.32 Å². The molecule has 6 heteroatoms. The second kappa shape index (κ2) is 5.27. The second-order valence-corrected chi connectivity index (χ2v) is 7.33. The number of nitrogens with one attached hydrogen (secondary N) is 1. The third-order valence-electron chi connectivity index (χ3n) is 2.65. The molecule has 2 rings (SSSR count). The summed E-state index contributed by atoms with van der Waals surface area (Å²) in [5, 5.41) is 3.51. The molecule has 1 aromatic rings. The average molecular weight is 272 g/mol. The van der Waals surface area contributed by atoms with Crippen LogP contribution in [0.2, 0.25) is 0 Å². The lowest BCUT2D eigenvalue weighted by atomic mass is 10.2. The first-order valence-electron chi connectivity index (χ1n) is 5.56. The molecule has 0 saturated carbocycles. The van der Waals surface area contributed by atoms with Crippen LogP contribution in [0.3, 0.4) is 0 Å². The van der Waals surface area contributed by atoms with Crippen LogP contribution >= 0.6 is 11.8 Å². The Balaban J connectivity index is 2.03. The minimum Gasteiger partial charge on any atom is -0.380 e. The highest BCUT2D eigenvalue weighted by molar-refractivity contribution is 7.99. The van der Waals surface area contributed by atoms with Gasteiger partial charge >= 0.3 is 0 Å². The highest BCUT2D eigenvalue weighted by Crippen LogP contribution is 2.20. The second-order valence-electron chi connectivity index (χ2n) is 4.22. The molecular weight excluding hydrogens is 256 g/mol. The van der Waals surface area contributed by atoms with E-state index in [-0.39, 0.29) is 5.03 Å². The summed E-state index contributed by atoms with van der Waals surface area (Å²) < 4.78 is 22.5. The third kappa shape index (κ3) is 3.61. The summed E-state index contributed by atoms with van der Waals surface area (Å²) in [4.78, 5) is 3.96. The molecule has 0 radical (unpaired) electrons. The molecule has 4 nitrogen and oxygen atoms in total. The van der Waals surface area contributed by atoms with Crippen LogP contribution in [0.5, 0.6) is 0 Å². The first-order valence-corrected chi connectivity index (χ1v) is 8.61. The van der Waals surface area contributed by atoms with Gasteiger partial charge in [-0.2, -0.15) is 11.8 Å². The van der Waals surface area contributed by atoms with Crippen molar-refractivity contribution in [2.45, 2.75) is 23.9 Å². The van der Waals surface area contributed by atoms with E-state index in [9.17, 15) is 8.42 Å². The summed E-state index contributed by atoms with van der Waals surface area (Å²) in [5.41, 5.74) is 0.893. The summed E-state index contributed by atoms with van der Waals surface area (Å²) in [6.45, 7) is 0. The van der Waals surface area contributed by atoms with Crippen molar-refractivity contribution < 1.29 is 8.42 Å². The van der Waals surface area contributed by atoms with Crippen molar-refractivity contribution in [3.05, 3.63) is 18.3 Å². The molecule has 0 bridgehead atoms. The quantitative estimate of drug-likeness (QED) is 0.909. The SMILES string of the molecule is CS(=O)(=O)c1ccc(NC2CCCSC2)cn1. The number of rotatable bonds is 3. The summed E-state index contributed by atoms with van der Waals surface area (Å²) in [6.07, 6.45) is 5.16. The van der Waals surface area contributed by atoms with Crippen molar-refractivity contribution in [3.8, 4) is 0 Å².